The lowest BCUT2D eigenvalue weighted by molar-refractivity contribution is -0.115. The Morgan fingerprint density at radius 3 is 2.29 bits per heavy atom. The van der Waals surface area contributed by atoms with Gasteiger partial charge >= 0.3 is 0 Å². The largest absolute Gasteiger partial charge is 0.457 e. The number of amides is 3. The van der Waals surface area contributed by atoms with Crippen LogP contribution in [-0.2, 0) is 9.59 Å². The van der Waals surface area contributed by atoms with Gasteiger partial charge in [0.05, 0.1) is 5.25 Å². The van der Waals surface area contributed by atoms with Gasteiger partial charge in [0.25, 0.3) is 11.8 Å². The Hall–Kier alpha value is -4.93. The van der Waals surface area contributed by atoms with Gasteiger partial charge in [-0.1, -0.05) is 48.5 Å². The van der Waals surface area contributed by atoms with Gasteiger partial charge in [0.1, 0.15) is 17.2 Å². The number of hydrogen-bond acceptors (Lipinski definition) is 7. The van der Waals surface area contributed by atoms with Crippen LogP contribution in [0.3, 0.4) is 0 Å². The average Bonchev–Trinajstić information content (AvgIpc) is 3.71. The van der Waals surface area contributed by atoms with Crippen molar-refractivity contribution in [1.82, 2.24) is 10.3 Å². The van der Waals surface area contributed by atoms with Crippen molar-refractivity contribution < 1.29 is 18.8 Å². The van der Waals surface area contributed by atoms with E-state index in [2.05, 4.69) is 20.9 Å². The predicted molar refractivity (Wildman–Crippen MR) is 167 cm³/mol. The van der Waals surface area contributed by atoms with Gasteiger partial charge in [-0.3, -0.25) is 14.4 Å². The number of nitrogens with one attached hydrogen (secondary N) is 3. The van der Waals surface area contributed by atoms with Gasteiger partial charge in [0.15, 0.2) is 5.13 Å². The minimum absolute atomic E-state index is 0.0174. The molecule has 0 saturated heterocycles. The number of benzene rings is 3. The van der Waals surface area contributed by atoms with Crippen molar-refractivity contribution in [2.24, 2.45) is 0 Å². The molecule has 3 aromatic carbocycles. The average molecular weight is 595 g/mol. The zero-order valence-corrected chi connectivity index (χ0v) is 24.1. The number of anilines is 2. The lowest BCUT2D eigenvalue weighted by atomic mass is 10.2. The molecular formula is C32H26N4O4S2. The molecule has 10 heteroatoms. The number of carbonyl (C=O) groups excluding carboxylic acids is 3. The Kier molecular flexibility index (Phi) is 9.27. The molecule has 0 radical (unpaired) electrons. The van der Waals surface area contributed by atoms with Crippen LogP contribution in [0.4, 0.5) is 10.8 Å². The molecule has 0 spiro atoms. The Labute approximate surface area is 250 Å². The van der Waals surface area contributed by atoms with E-state index in [9.17, 15) is 14.4 Å². The van der Waals surface area contributed by atoms with E-state index in [1.54, 1.807) is 54.0 Å². The second-order valence-corrected chi connectivity index (χ2v) is 11.3. The highest BCUT2D eigenvalue weighted by molar-refractivity contribution is 8.00. The fraction of sp³-hybridized carbons (Fsp3) is 0.0625. The van der Waals surface area contributed by atoms with Crippen molar-refractivity contribution in [2.75, 3.05) is 10.6 Å². The first-order chi connectivity index (χ1) is 20.4. The van der Waals surface area contributed by atoms with E-state index in [1.807, 2.05) is 61.5 Å². The topological polar surface area (TPSA) is 113 Å². The maximum absolute atomic E-state index is 13.4. The highest BCUT2D eigenvalue weighted by atomic mass is 32.2. The zero-order valence-electron chi connectivity index (χ0n) is 22.4. The summed E-state index contributed by atoms with van der Waals surface area (Å²) in [5, 5.41) is 10.3. The lowest BCUT2D eigenvalue weighted by Crippen LogP contribution is -2.30. The number of carbonyl (C=O) groups is 3. The smallest absolute Gasteiger partial charge is 0.272 e. The Morgan fingerprint density at radius 1 is 0.881 bits per heavy atom. The molecular weight excluding hydrogens is 569 g/mol. The van der Waals surface area contributed by atoms with E-state index in [-0.39, 0.29) is 16.9 Å². The number of furan rings is 1. The van der Waals surface area contributed by atoms with E-state index in [4.69, 9.17) is 4.42 Å². The summed E-state index contributed by atoms with van der Waals surface area (Å²) in [7, 11) is 0. The van der Waals surface area contributed by atoms with Gasteiger partial charge < -0.3 is 20.4 Å². The van der Waals surface area contributed by atoms with Gasteiger partial charge in [-0.2, -0.15) is 0 Å². The molecule has 0 bridgehead atoms. The van der Waals surface area contributed by atoms with E-state index >= 15 is 0 Å². The molecule has 0 aliphatic carbocycles. The van der Waals surface area contributed by atoms with Gasteiger partial charge in [0.2, 0.25) is 5.91 Å². The van der Waals surface area contributed by atoms with Crippen molar-refractivity contribution in [3.05, 3.63) is 126 Å². The minimum atomic E-state index is -0.520. The number of rotatable bonds is 10. The van der Waals surface area contributed by atoms with Gasteiger partial charge in [-0.15, -0.1) is 23.1 Å². The molecule has 0 aliphatic heterocycles. The van der Waals surface area contributed by atoms with Crippen molar-refractivity contribution in [3.8, 4) is 11.3 Å². The Balaban J connectivity index is 1.29. The number of thiazole rings is 1. The maximum atomic E-state index is 13.4. The molecule has 5 rings (SSSR count). The standard InChI is InChI=1S/C32H26N4O4S2/c1-21(29(37)36-32-33-18-19-41-32)42-26-15-12-24(13-16-26)34-31(39)27(35-30(38)23-10-6-3-7-11-23)20-25-14-17-28(40-25)22-8-4-2-5-9-22/h2-21H,1H3,(H,34,39)(H,35,38)(H,33,36,37)/b27-20+. The van der Waals surface area contributed by atoms with Gasteiger partial charge in [-0.25, -0.2) is 4.98 Å². The summed E-state index contributed by atoms with van der Waals surface area (Å²) in [6.45, 7) is 1.81. The van der Waals surface area contributed by atoms with E-state index in [0.29, 0.717) is 27.9 Å². The Morgan fingerprint density at radius 2 is 1.60 bits per heavy atom. The summed E-state index contributed by atoms with van der Waals surface area (Å²) in [5.74, 6) is -0.0514. The van der Waals surface area contributed by atoms with E-state index in [1.165, 1.54) is 29.2 Å². The molecule has 1 unspecified atom stereocenters. The lowest BCUT2D eigenvalue weighted by Gasteiger charge is -2.13. The predicted octanol–water partition coefficient (Wildman–Crippen LogP) is 6.93. The van der Waals surface area contributed by atoms with Crippen LogP contribution in [0.5, 0.6) is 0 Å². The third-order valence-corrected chi connectivity index (χ3v) is 7.76. The summed E-state index contributed by atoms with van der Waals surface area (Å²) < 4.78 is 5.95. The van der Waals surface area contributed by atoms with Crippen molar-refractivity contribution in [3.63, 3.8) is 0 Å². The zero-order chi connectivity index (χ0) is 29.3. The van der Waals surface area contributed by atoms with Crippen LogP contribution in [0, 0.1) is 0 Å². The highest BCUT2D eigenvalue weighted by Gasteiger charge is 2.18. The molecule has 3 N–H and O–H groups in total. The van der Waals surface area contributed by atoms with Crippen LogP contribution in [-0.4, -0.2) is 28.0 Å². The first kappa shape index (κ1) is 28.6. The first-order valence-electron chi connectivity index (χ1n) is 13.0. The molecule has 0 aliphatic rings. The van der Waals surface area contributed by atoms with Crippen LogP contribution in [0.2, 0.25) is 0 Å². The monoisotopic (exact) mass is 594 g/mol. The van der Waals surface area contributed by atoms with Crippen molar-refractivity contribution >= 4 is 57.7 Å². The van der Waals surface area contributed by atoms with Crippen LogP contribution < -0.4 is 16.0 Å². The minimum Gasteiger partial charge on any atom is -0.457 e. The molecule has 8 nitrogen and oxygen atoms in total. The summed E-state index contributed by atoms with van der Waals surface area (Å²) in [5.41, 5.74) is 1.84. The number of aromatic nitrogens is 1. The van der Waals surface area contributed by atoms with Crippen LogP contribution in [0.15, 0.2) is 124 Å². The first-order valence-corrected chi connectivity index (χ1v) is 14.7. The summed E-state index contributed by atoms with van der Waals surface area (Å²) in [4.78, 5) is 43.7. The van der Waals surface area contributed by atoms with Crippen LogP contribution in [0.1, 0.15) is 23.0 Å². The third-order valence-electron chi connectivity index (χ3n) is 5.96. The summed E-state index contributed by atoms with van der Waals surface area (Å²) >= 11 is 2.75. The molecule has 42 heavy (non-hydrogen) atoms. The highest BCUT2D eigenvalue weighted by Crippen LogP contribution is 2.27. The normalized spacial score (nSPS) is 11.9. The van der Waals surface area contributed by atoms with Crippen LogP contribution >= 0.6 is 23.1 Å². The molecule has 2 aromatic heterocycles. The number of thioether (sulfide) groups is 1. The number of hydrogen-bond donors (Lipinski definition) is 3. The quantitative estimate of drug-likeness (QED) is 0.119. The second-order valence-electron chi connectivity index (χ2n) is 9.01. The molecule has 5 aromatic rings. The second kappa shape index (κ2) is 13.6. The molecule has 2 heterocycles. The van der Waals surface area contributed by atoms with Crippen molar-refractivity contribution in [1.29, 1.82) is 0 Å². The fourth-order valence-corrected chi connectivity index (χ4v) is 5.24. The Bertz CT molecular complexity index is 1680. The van der Waals surface area contributed by atoms with Crippen molar-refractivity contribution in [2.45, 2.75) is 17.1 Å². The van der Waals surface area contributed by atoms with E-state index < -0.39 is 11.8 Å². The van der Waals surface area contributed by atoms with Crippen LogP contribution in [0.25, 0.3) is 17.4 Å². The molecule has 1 atom stereocenters. The third kappa shape index (κ3) is 7.62. The SMILES string of the molecule is CC(Sc1ccc(NC(=O)/C(=C\c2ccc(-c3ccccc3)o2)NC(=O)c2ccccc2)cc1)C(=O)Nc1nccs1. The molecule has 3 amide bonds. The molecule has 0 fully saturated rings. The molecule has 0 saturated carbocycles. The summed E-state index contributed by atoms with van der Waals surface area (Å²) in [6, 6.07) is 28.9. The van der Waals surface area contributed by atoms with E-state index in [0.717, 1.165) is 10.5 Å². The summed E-state index contributed by atoms with van der Waals surface area (Å²) in [6.07, 6.45) is 3.13. The maximum Gasteiger partial charge on any atom is 0.272 e. The van der Waals surface area contributed by atoms with Gasteiger partial charge in [-0.05, 0) is 55.5 Å². The van der Waals surface area contributed by atoms with Gasteiger partial charge in [0, 0.05) is 39.4 Å². The number of nitrogens with zero attached hydrogens (tertiary/aromatic N) is 1. The fourth-order valence-electron chi connectivity index (χ4n) is 3.84. The molecule has 210 valence electrons.